The van der Waals surface area contributed by atoms with E-state index in [-0.39, 0.29) is 6.42 Å². The molecule has 0 aliphatic rings. The lowest BCUT2D eigenvalue weighted by atomic mass is 10.1. The van der Waals surface area contributed by atoms with Gasteiger partial charge in [-0.3, -0.25) is 4.79 Å². The minimum Gasteiger partial charge on any atom is -0.481 e. The molecule has 1 aromatic carbocycles. The number of aromatic nitrogens is 1. The van der Waals surface area contributed by atoms with Gasteiger partial charge in [-0.1, -0.05) is 22.0 Å². The highest BCUT2D eigenvalue weighted by atomic mass is 79.9. The summed E-state index contributed by atoms with van der Waals surface area (Å²) >= 11 is 3.56. The summed E-state index contributed by atoms with van der Waals surface area (Å²) in [6.45, 7) is 4.25. The molecule has 2 aromatic rings. The Morgan fingerprint density at radius 2 is 2.17 bits per heavy atom. The second-order valence-corrected chi connectivity index (χ2v) is 5.54. The van der Waals surface area contributed by atoms with Gasteiger partial charge < -0.3 is 9.67 Å². The summed E-state index contributed by atoms with van der Waals surface area (Å²) in [6.07, 6.45) is 2.80. The number of carbonyl (C=O) groups is 1. The third-order valence-electron chi connectivity index (χ3n) is 3.05. The predicted octanol–water partition coefficient (Wildman–Crippen LogP) is 4.00. The Hall–Kier alpha value is -1.29. The number of rotatable bonds is 4. The zero-order valence-corrected chi connectivity index (χ0v) is 12.1. The second kappa shape index (κ2) is 5.14. The number of nitrogens with zero attached hydrogens (tertiary/aromatic N) is 1. The maximum absolute atomic E-state index is 10.7. The van der Waals surface area contributed by atoms with Gasteiger partial charge in [0.1, 0.15) is 0 Å². The molecule has 3 nitrogen and oxygen atoms in total. The van der Waals surface area contributed by atoms with Gasteiger partial charge in [0, 0.05) is 34.0 Å². The zero-order chi connectivity index (χ0) is 13.3. The van der Waals surface area contributed by atoms with Crippen molar-refractivity contribution in [2.75, 3.05) is 0 Å². The van der Waals surface area contributed by atoms with E-state index < -0.39 is 5.97 Å². The van der Waals surface area contributed by atoms with Crippen LogP contribution in [0, 0.1) is 0 Å². The van der Waals surface area contributed by atoms with Crippen molar-refractivity contribution in [3.63, 3.8) is 0 Å². The van der Waals surface area contributed by atoms with Crippen LogP contribution in [0.25, 0.3) is 10.9 Å². The zero-order valence-electron chi connectivity index (χ0n) is 10.5. The summed E-state index contributed by atoms with van der Waals surface area (Å²) in [5.41, 5.74) is 2.24. The number of hydrogen-bond donors (Lipinski definition) is 1. The molecule has 96 valence electrons. The Balaban J connectivity index is 2.55. The highest BCUT2D eigenvalue weighted by Gasteiger charge is 2.13. The van der Waals surface area contributed by atoms with Crippen molar-refractivity contribution < 1.29 is 9.90 Å². The van der Waals surface area contributed by atoms with E-state index in [0.29, 0.717) is 12.5 Å². The number of hydrogen-bond acceptors (Lipinski definition) is 1. The summed E-state index contributed by atoms with van der Waals surface area (Å²) < 4.78 is 3.22. The van der Waals surface area contributed by atoms with Crippen LogP contribution in [-0.2, 0) is 11.2 Å². The quantitative estimate of drug-likeness (QED) is 0.927. The third kappa shape index (κ3) is 2.43. The standard InChI is InChI=1S/C14H16BrNO2/c1-9(2)16-8-10(6-7-13(17)18)14-11(15)4-3-5-12(14)16/h3-5,8-9H,6-7H2,1-2H3,(H,17,18). The van der Waals surface area contributed by atoms with Crippen LogP contribution in [-0.4, -0.2) is 15.6 Å². The van der Waals surface area contributed by atoms with Gasteiger partial charge in [-0.2, -0.15) is 0 Å². The molecule has 2 rings (SSSR count). The van der Waals surface area contributed by atoms with Gasteiger partial charge >= 0.3 is 5.97 Å². The molecule has 1 heterocycles. The monoisotopic (exact) mass is 309 g/mol. The summed E-state index contributed by atoms with van der Waals surface area (Å²) in [5, 5.41) is 9.95. The highest BCUT2D eigenvalue weighted by Crippen LogP contribution is 2.31. The molecule has 0 fully saturated rings. The average Bonchev–Trinajstić information content (AvgIpc) is 2.67. The number of aliphatic carboxylic acids is 1. The van der Waals surface area contributed by atoms with Crippen LogP contribution in [0.2, 0.25) is 0 Å². The molecular formula is C14H16BrNO2. The lowest BCUT2D eigenvalue weighted by Gasteiger charge is -2.08. The summed E-state index contributed by atoms with van der Waals surface area (Å²) in [7, 11) is 0. The van der Waals surface area contributed by atoms with Crippen molar-refractivity contribution in [3.05, 3.63) is 34.4 Å². The molecule has 4 heteroatoms. The first kappa shape index (κ1) is 13.1. The minimum atomic E-state index is -0.757. The number of halogens is 1. The van der Waals surface area contributed by atoms with Crippen LogP contribution in [0.3, 0.4) is 0 Å². The maximum atomic E-state index is 10.7. The fraction of sp³-hybridized carbons (Fsp3) is 0.357. The van der Waals surface area contributed by atoms with Crippen molar-refractivity contribution in [1.29, 1.82) is 0 Å². The van der Waals surface area contributed by atoms with Gasteiger partial charge in [-0.15, -0.1) is 0 Å². The van der Waals surface area contributed by atoms with Gasteiger partial charge in [-0.25, -0.2) is 0 Å². The van der Waals surface area contributed by atoms with Gasteiger partial charge in [-0.05, 0) is 38.0 Å². The van der Waals surface area contributed by atoms with E-state index in [1.807, 2.05) is 12.1 Å². The van der Waals surface area contributed by atoms with Gasteiger partial charge in [0.2, 0.25) is 0 Å². The third-order valence-corrected chi connectivity index (χ3v) is 3.71. The molecule has 0 saturated heterocycles. The SMILES string of the molecule is CC(C)n1cc(CCC(=O)O)c2c(Br)cccc21. The lowest BCUT2D eigenvalue weighted by Crippen LogP contribution is -1.98. The smallest absolute Gasteiger partial charge is 0.303 e. The molecule has 0 radical (unpaired) electrons. The van der Waals surface area contributed by atoms with Crippen LogP contribution < -0.4 is 0 Å². The lowest BCUT2D eigenvalue weighted by molar-refractivity contribution is -0.136. The van der Waals surface area contributed by atoms with Gasteiger partial charge in [0.25, 0.3) is 0 Å². The Morgan fingerprint density at radius 1 is 1.44 bits per heavy atom. The molecule has 18 heavy (non-hydrogen) atoms. The van der Waals surface area contributed by atoms with E-state index in [1.54, 1.807) is 0 Å². The van der Waals surface area contributed by atoms with Crippen LogP contribution in [0.15, 0.2) is 28.9 Å². The molecule has 0 spiro atoms. The largest absolute Gasteiger partial charge is 0.481 e. The Bertz CT molecular complexity index is 587. The van der Waals surface area contributed by atoms with E-state index in [0.717, 1.165) is 20.9 Å². The fourth-order valence-electron chi connectivity index (χ4n) is 2.21. The Kier molecular flexibility index (Phi) is 3.76. The van der Waals surface area contributed by atoms with E-state index in [2.05, 4.69) is 46.6 Å². The molecule has 0 bridgehead atoms. The van der Waals surface area contributed by atoms with Gasteiger partial charge in [0.15, 0.2) is 0 Å². The number of carboxylic acids is 1. The predicted molar refractivity (Wildman–Crippen MR) is 76.0 cm³/mol. The van der Waals surface area contributed by atoms with E-state index >= 15 is 0 Å². The minimum absolute atomic E-state index is 0.165. The molecule has 0 aliphatic heterocycles. The molecule has 0 amide bonds. The number of benzene rings is 1. The Morgan fingerprint density at radius 3 is 2.78 bits per heavy atom. The fourth-order valence-corrected chi connectivity index (χ4v) is 2.82. The number of carboxylic acid groups (broad SMARTS) is 1. The van der Waals surface area contributed by atoms with E-state index in [4.69, 9.17) is 5.11 Å². The molecule has 0 unspecified atom stereocenters. The summed E-state index contributed by atoms with van der Waals surface area (Å²) in [4.78, 5) is 10.7. The van der Waals surface area contributed by atoms with Crippen LogP contribution >= 0.6 is 15.9 Å². The van der Waals surface area contributed by atoms with Crippen LogP contribution in [0.5, 0.6) is 0 Å². The molecule has 1 N–H and O–H groups in total. The van der Waals surface area contributed by atoms with Crippen molar-refractivity contribution in [2.24, 2.45) is 0 Å². The molecule has 0 atom stereocenters. The van der Waals surface area contributed by atoms with E-state index in [9.17, 15) is 4.79 Å². The molecular weight excluding hydrogens is 294 g/mol. The molecule has 1 aromatic heterocycles. The van der Waals surface area contributed by atoms with Crippen molar-refractivity contribution in [2.45, 2.75) is 32.7 Å². The van der Waals surface area contributed by atoms with Crippen molar-refractivity contribution in [1.82, 2.24) is 4.57 Å². The first-order valence-corrected chi connectivity index (χ1v) is 6.79. The Labute approximate surface area is 115 Å². The molecule has 0 aliphatic carbocycles. The van der Waals surface area contributed by atoms with Crippen molar-refractivity contribution >= 4 is 32.8 Å². The number of aryl methyl sites for hydroxylation is 1. The van der Waals surface area contributed by atoms with Gasteiger partial charge in [0.05, 0.1) is 0 Å². The maximum Gasteiger partial charge on any atom is 0.303 e. The van der Waals surface area contributed by atoms with E-state index in [1.165, 1.54) is 0 Å². The molecule has 0 saturated carbocycles. The summed E-state index contributed by atoms with van der Waals surface area (Å²) in [6, 6.07) is 6.44. The topological polar surface area (TPSA) is 42.2 Å². The van der Waals surface area contributed by atoms with Crippen molar-refractivity contribution in [3.8, 4) is 0 Å². The second-order valence-electron chi connectivity index (χ2n) is 4.68. The first-order valence-electron chi connectivity index (χ1n) is 6.00. The average molecular weight is 310 g/mol. The van der Waals surface area contributed by atoms with Crippen LogP contribution in [0.1, 0.15) is 31.9 Å². The number of fused-ring (bicyclic) bond motifs is 1. The first-order chi connectivity index (χ1) is 8.50. The summed E-state index contributed by atoms with van der Waals surface area (Å²) in [5.74, 6) is -0.757. The van der Waals surface area contributed by atoms with Crippen LogP contribution in [0.4, 0.5) is 0 Å². The highest BCUT2D eigenvalue weighted by molar-refractivity contribution is 9.10. The normalized spacial score (nSPS) is 11.3.